The van der Waals surface area contributed by atoms with Crippen LogP contribution in [0.2, 0.25) is 0 Å². The predicted octanol–water partition coefficient (Wildman–Crippen LogP) is 3.88. The average molecular weight is 275 g/mol. The van der Waals surface area contributed by atoms with Crippen LogP contribution in [0.1, 0.15) is 18.9 Å². The van der Waals surface area contributed by atoms with E-state index >= 15 is 0 Å². The van der Waals surface area contributed by atoms with Gasteiger partial charge in [0.1, 0.15) is 12.0 Å². The van der Waals surface area contributed by atoms with Crippen molar-refractivity contribution in [1.82, 2.24) is 0 Å². The Morgan fingerprint density at radius 2 is 2.27 bits per heavy atom. The summed E-state index contributed by atoms with van der Waals surface area (Å²) in [5, 5.41) is 0. The van der Waals surface area contributed by atoms with Crippen LogP contribution in [0.3, 0.4) is 0 Å². The van der Waals surface area contributed by atoms with E-state index in [4.69, 9.17) is 0 Å². The largest absolute Gasteiger partial charge is 0.247 e. The smallest absolute Gasteiger partial charge is 0.123 e. The van der Waals surface area contributed by atoms with Crippen LogP contribution >= 0.6 is 15.9 Å². The predicted molar refractivity (Wildman–Crippen MR) is 60.4 cm³/mol. The zero-order valence-corrected chi connectivity index (χ0v) is 10.1. The molecular weight excluding hydrogens is 262 g/mol. The van der Waals surface area contributed by atoms with Crippen molar-refractivity contribution < 1.29 is 8.78 Å². The first kappa shape index (κ1) is 11.1. The molecule has 2 rings (SSSR count). The Labute approximate surface area is 96.8 Å². The molecule has 0 spiro atoms. The summed E-state index contributed by atoms with van der Waals surface area (Å²) in [5.74, 6) is -0.232. The highest BCUT2D eigenvalue weighted by Gasteiger charge is 2.55. The molecular formula is C12H13BrF2. The second-order valence-corrected chi connectivity index (χ2v) is 5.58. The minimum atomic E-state index is -0.713. The van der Waals surface area contributed by atoms with E-state index in [1.54, 1.807) is 6.07 Å². The van der Waals surface area contributed by atoms with Crippen molar-refractivity contribution in [2.24, 2.45) is 5.41 Å². The monoisotopic (exact) mass is 274 g/mol. The Balaban J connectivity index is 2.03. The Morgan fingerprint density at radius 1 is 1.60 bits per heavy atom. The van der Waals surface area contributed by atoms with E-state index in [0.717, 1.165) is 5.56 Å². The Morgan fingerprint density at radius 3 is 2.80 bits per heavy atom. The molecule has 1 aliphatic rings. The maximum atomic E-state index is 13.1. The summed E-state index contributed by atoms with van der Waals surface area (Å²) in [6.45, 7) is 1.93. The molecule has 3 unspecified atom stereocenters. The van der Waals surface area contributed by atoms with E-state index in [9.17, 15) is 8.78 Å². The Bertz CT molecular complexity index is 366. The number of rotatable bonds is 3. The van der Waals surface area contributed by atoms with Gasteiger partial charge < -0.3 is 0 Å². The van der Waals surface area contributed by atoms with Gasteiger partial charge in [-0.05, 0) is 30.5 Å². The molecule has 0 bridgehead atoms. The second-order valence-electron chi connectivity index (χ2n) is 4.48. The molecule has 3 heteroatoms. The number of benzene rings is 1. The van der Waals surface area contributed by atoms with Gasteiger partial charge in [-0.3, -0.25) is 0 Å². The normalized spacial score (nSPS) is 31.3. The zero-order chi connectivity index (χ0) is 11.1. The SMILES string of the molecule is CC1(C(Br)Cc2cccc(F)c2)CC1F. The lowest BCUT2D eigenvalue weighted by molar-refractivity contribution is 0.371. The van der Waals surface area contributed by atoms with Gasteiger partial charge in [0.05, 0.1) is 0 Å². The van der Waals surface area contributed by atoms with Gasteiger partial charge in [0.15, 0.2) is 0 Å². The summed E-state index contributed by atoms with van der Waals surface area (Å²) in [5.41, 5.74) is 0.656. The molecule has 0 nitrogen and oxygen atoms in total. The molecule has 1 fully saturated rings. The van der Waals surface area contributed by atoms with Crippen molar-refractivity contribution in [3.05, 3.63) is 35.6 Å². The van der Waals surface area contributed by atoms with E-state index in [1.165, 1.54) is 12.1 Å². The molecule has 0 heterocycles. The fourth-order valence-electron chi connectivity index (χ4n) is 1.76. The van der Waals surface area contributed by atoms with Crippen LogP contribution in [-0.4, -0.2) is 11.0 Å². The Kier molecular flexibility index (Phi) is 2.84. The van der Waals surface area contributed by atoms with E-state index in [0.29, 0.717) is 12.8 Å². The summed E-state index contributed by atoms with van der Waals surface area (Å²) in [6.07, 6.45) is 0.572. The van der Waals surface area contributed by atoms with Crippen molar-refractivity contribution in [2.45, 2.75) is 30.8 Å². The number of hydrogen-bond donors (Lipinski definition) is 0. The molecule has 1 aliphatic carbocycles. The molecule has 1 aromatic rings. The van der Waals surface area contributed by atoms with Crippen molar-refractivity contribution in [3.8, 4) is 0 Å². The van der Waals surface area contributed by atoms with Gasteiger partial charge >= 0.3 is 0 Å². The first-order valence-corrected chi connectivity index (χ1v) is 5.96. The second kappa shape index (κ2) is 3.85. The van der Waals surface area contributed by atoms with Gasteiger partial charge in [-0.15, -0.1) is 0 Å². The van der Waals surface area contributed by atoms with Crippen molar-refractivity contribution in [2.75, 3.05) is 0 Å². The molecule has 0 aliphatic heterocycles. The van der Waals surface area contributed by atoms with Gasteiger partial charge in [-0.25, -0.2) is 8.78 Å². The molecule has 1 saturated carbocycles. The quantitative estimate of drug-likeness (QED) is 0.734. The van der Waals surface area contributed by atoms with Gasteiger partial charge in [0.2, 0.25) is 0 Å². The van der Waals surface area contributed by atoms with Crippen LogP contribution in [0.25, 0.3) is 0 Å². The van der Waals surface area contributed by atoms with E-state index < -0.39 is 6.17 Å². The lowest BCUT2D eigenvalue weighted by Crippen LogP contribution is -2.17. The highest BCUT2D eigenvalue weighted by atomic mass is 79.9. The summed E-state index contributed by atoms with van der Waals surface area (Å²) < 4.78 is 26.0. The van der Waals surface area contributed by atoms with Gasteiger partial charge in [0, 0.05) is 10.2 Å². The summed E-state index contributed by atoms with van der Waals surface area (Å²) in [6, 6.07) is 6.49. The van der Waals surface area contributed by atoms with Crippen LogP contribution in [0, 0.1) is 11.2 Å². The molecule has 0 N–H and O–H groups in total. The van der Waals surface area contributed by atoms with Crippen LogP contribution < -0.4 is 0 Å². The molecule has 1 aromatic carbocycles. The van der Waals surface area contributed by atoms with Gasteiger partial charge in [0.25, 0.3) is 0 Å². The molecule has 0 aromatic heterocycles. The molecule has 82 valence electrons. The van der Waals surface area contributed by atoms with Crippen LogP contribution in [-0.2, 0) is 6.42 Å². The van der Waals surface area contributed by atoms with Crippen LogP contribution in [0.4, 0.5) is 8.78 Å². The molecule has 0 radical (unpaired) electrons. The summed E-state index contributed by atoms with van der Waals surface area (Å²) in [4.78, 5) is 0.0850. The van der Waals surface area contributed by atoms with Crippen LogP contribution in [0.15, 0.2) is 24.3 Å². The Hall–Kier alpha value is -0.440. The van der Waals surface area contributed by atoms with Crippen LogP contribution in [0.5, 0.6) is 0 Å². The maximum Gasteiger partial charge on any atom is 0.123 e. The van der Waals surface area contributed by atoms with E-state index in [1.807, 2.05) is 13.0 Å². The third-order valence-corrected chi connectivity index (χ3v) is 4.56. The standard InChI is InChI=1S/C12H13BrF2/c1-12(7-11(12)15)10(13)6-8-3-2-4-9(14)5-8/h2-5,10-11H,6-7H2,1H3. The fourth-order valence-corrected chi connectivity index (χ4v) is 2.60. The molecule has 0 saturated heterocycles. The molecule has 0 amide bonds. The van der Waals surface area contributed by atoms with Gasteiger partial charge in [-0.1, -0.05) is 35.0 Å². The lowest BCUT2D eigenvalue weighted by Gasteiger charge is -2.16. The number of halogens is 3. The minimum absolute atomic E-state index is 0.0850. The van der Waals surface area contributed by atoms with E-state index in [2.05, 4.69) is 15.9 Å². The number of hydrogen-bond acceptors (Lipinski definition) is 0. The first-order valence-electron chi connectivity index (χ1n) is 5.05. The maximum absolute atomic E-state index is 13.1. The first-order chi connectivity index (χ1) is 7.02. The van der Waals surface area contributed by atoms with E-state index in [-0.39, 0.29) is 16.1 Å². The highest BCUT2D eigenvalue weighted by molar-refractivity contribution is 9.09. The lowest BCUT2D eigenvalue weighted by atomic mass is 9.98. The minimum Gasteiger partial charge on any atom is -0.247 e. The number of alkyl halides is 2. The summed E-state index contributed by atoms with van der Waals surface area (Å²) >= 11 is 3.50. The topological polar surface area (TPSA) is 0 Å². The van der Waals surface area contributed by atoms with Crippen molar-refractivity contribution in [3.63, 3.8) is 0 Å². The van der Waals surface area contributed by atoms with Crippen molar-refractivity contribution >= 4 is 15.9 Å². The van der Waals surface area contributed by atoms with Gasteiger partial charge in [-0.2, -0.15) is 0 Å². The zero-order valence-electron chi connectivity index (χ0n) is 8.51. The average Bonchev–Trinajstić information content (AvgIpc) is 2.76. The highest BCUT2D eigenvalue weighted by Crippen LogP contribution is 2.54. The fraction of sp³-hybridized carbons (Fsp3) is 0.500. The van der Waals surface area contributed by atoms with Crippen molar-refractivity contribution in [1.29, 1.82) is 0 Å². The summed E-state index contributed by atoms with van der Waals surface area (Å²) in [7, 11) is 0. The third-order valence-electron chi connectivity index (χ3n) is 3.19. The third kappa shape index (κ3) is 2.22. The molecule has 3 atom stereocenters. The molecule has 15 heavy (non-hydrogen) atoms.